The number of piperidine rings is 2. The topological polar surface area (TPSA) is 75.6 Å². The van der Waals surface area contributed by atoms with Crippen molar-refractivity contribution in [3.05, 3.63) is 54.2 Å². The number of hydrogen-bond donors (Lipinski definition) is 0. The average Bonchev–Trinajstić information content (AvgIpc) is 2.88. The van der Waals surface area contributed by atoms with Gasteiger partial charge in [-0.3, -0.25) is 14.6 Å². The zero-order chi connectivity index (χ0) is 23.9. The second-order valence-electron chi connectivity index (χ2n) is 9.18. The van der Waals surface area contributed by atoms with E-state index < -0.39 is 0 Å². The van der Waals surface area contributed by atoms with Crippen molar-refractivity contribution >= 4 is 17.7 Å². The Morgan fingerprint density at radius 2 is 1.88 bits per heavy atom. The van der Waals surface area contributed by atoms with Crippen molar-refractivity contribution in [2.75, 3.05) is 37.7 Å². The fourth-order valence-electron chi connectivity index (χ4n) is 5.29. The van der Waals surface area contributed by atoms with Crippen LogP contribution in [0.15, 0.2) is 42.9 Å². The molecule has 0 aliphatic carbocycles. The van der Waals surface area contributed by atoms with Gasteiger partial charge in [-0.2, -0.15) is 0 Å². The average molecular weight is 469 g/mol. The highest BCUT2D eigenvalue weighted by Gasteiger charge is 2.35. The van der Waals surface area contributed by atoms with E-state index in [0.717, 1.165) is 43.6 Å². The van der Waals surface area contributed by atoms with Gasteiger partial charge in [0, 0.05) is 38.6 Å². The molecule has 8 heteroatoms. The molecule has 0 bridgehead atoms. The number of carbonyl (C=O) groups is 2. The Morgan fingerprint density at radius 3 is 2.56 bits per heavy atom. The maximum absolute atomic E-state index is 13.5. The molecule has 0 spiro atoms. The van der Waals surface area contributed by atoms with Crippen molar-refractivity contribution in [3.8, 4) is 0 Å². The maximum Gasteiger partial charge on any atom is 0.306 e. The van der Waals surface area contributed by atoms with Crippen LogP contribution in [0.1, 0.15) is 50.5 Å². The quantitative estimate of drug-likeness (QED) is 0.576. The molecule has 3 heterocycles. The van der Waals surface area contributed by atoms with E-state index in [1.807, 2.05) is 4.90 Å². The van der Waals surface area contributed by atoms with E-state index >= 15 is 0 Å². The molecule has 4 rings (SSSR count). The van der Waals surface area contributed by atoms with Gasteiger partial charge >= 0.3 is 5.97 Å². The SMILES string of the molecule is CCOC(=O)C[C@H](c1ccc(F)cc1)C1CCN(C(=O)[C@@H]2CCCN(c3cnccn3)C2)CC1. The van der Waals surface area contributed by atoms with Crippen molar-refractivity contribution in [1.82, 2.24) is 14.9 Å². The number of benzene rings is 1. The van der Waals surface area contributed by atoms with Crippen molar-refractivity contribution in [1.29, 1.82) is 0 Å². The smallest absolute Gasteiger partial charge is 0.306 e. The molecule has 7 nitrogen and oxygen atoms in total. The summed E-state index contributed by atoms with van der Waals surface area (Å²) < 4.78 is 18.7. The van der Waals surface area contributed by atoms with Crippen LogP contribution in [-0.4, -0.2) is 59.5 Å². The minimum absolute atomic E-state index is 0.0419. The number of anilines is 1. The van der Waals surface area contributed by atoms with Crippen LogP contribution in [0.4, 0.5) is 10.2 Å². The number of amides is 1. The van der Waals surface area contributed by atoms with Crippen LogP contribution in [0.5, 0.6) is 0 Å². The van der Waals surface area contributed by atoms with Crippen molar-refractivity contribution < 1.29 is 18.7 Å². The highest BCUT2D eigenvalue weighted by Crippen LogP contribution is 2.36. The Labute approximate surface area is 200 Å². The number of aromatic nitrogens is 2. The molecule has 2 aliphatic heterocycles. The van der Waals surface area contributed by atoms with E-state index in [9.17, 15) is 14.0 Å². The number of ether oxygens (including phenoxy) is 1. The molecule has 1 aromatic heterocycles. The van der Waals surface area contributed by atoms with Gasteiger partial charge in [0.2, 0.25) is 5.91 Å². The van der Waals surface area contributed by atoms with Crippen LogP contribution in [-0.2, 0) is 14.3 Å². The minimum Gasteiger partial charge on any atom is -0.466 e. The molecule has 0 radical (unpaired) electrons. The fraction of sp³-hybridized carbons (Fsp3) is 0.538. The van der Waals surface area contributed by atoms with Gasteiger partial charge in [0.1, 0.15) is 11.6 Å². The molecule has 182 valence electrons. The van der Waals surface area contributed by atoms with E-state index in [2.05, 4.69) is 14.9 Å². The van der Waals surface area contributed by atoms with Gasteiger partial charge in [-0.25, -0.2) is 9.37 Å². The van der Waals surface area contributed by atoms with Gasteiger partial charge in [0.25, 0.3) is 0 Å². The molecule has 1 amide bonds. The summed E-state index contributed by atoms with van der Waals surface area (Å²) in [6.07, 6.45) is 8.82. The molecule has 34 heavy (non-hydrogen) atoms. The van der Waals surface area contributed by atoms with Crippen LogP contribution >= 0.6 is 0 Å². The number of esters is 1. The summed E-state index contributed by atoms with van der Waals surface area (Å²) >= 11 is 0. The Bertz CT molecular complexity index is 948. The third-order valence-corrected chi connectivity index (χ3v) is 7.05. The zero-order valence-corrected chi connectivity index (χ0v) is 19.7. The number of carbonyl (C=O) groups excluding carboxylic acids is 2. The summed E-state index contributed by atoms with van der Waals surface area (Å²) in [7, 11) is 0. The van der Waals surface area contributed by atoms with Gasteiger partial charge in [0.15, 0.2) is 0 Å². The van der Waals surface area contributed by atoms with Crippen molar-refractivity contribution in [2.24, 2.45) is 11.8 Å². The summed E-state index contributed by atoms with van der Waals surface area (Å²) in [4.78, 5) is 38.3. The lowest BCUT2D eigenvalue weighted by molar-refractivity contribution is -0.144. The Hall–Kier alpha value is -3.03. The molecule has 0 unspecified atom stereocenters. The minimum atomic E-state index is -0.290. The normalized spacial score (nSPS) is 20.1. The van der Waals surface area contributed by atoms with Crippen LogP contribution in [0, 0.1) is 17.7 Å². The van der Waals surface area contributed by atoms with Crippen LogP contribution in [0.2, 0.25) is 0 Å². The van der Waals surface area contributed by atoms with Gasteiger partial charge in [0.05, 0.1) is 25.1 Å². The van der Waals surface area contributed by atoms with Crippen molar-refractivity contribution in [2.45, 2.75) is 44.9 Å². The lowest BCUT2D eigenvalue weighted by Crippen LogP contribution is -2.48. The molecular formula is C26H33FN4O3. The summed E-state index contributed by atoms with van der Waals surface area (Å²) in [6, 6.07) is 6.41. The first-order chi connectivity index (χ1) is 16.5. The summed E-state index contributed by atoms with van der Waals surface area (Å²) in [5, 5.41) is 0. The number of nitrogens with zero attached hydrogens (tertiary/aromatic N) is 4. The molecule has 2 aromatic rings. The second kappa shape index (κ2) is 11.4. The van der Waals surface area contributed by atoms with Gasteiger partial charge in [-0.05, 0) is 62.1 Å². The molecule has 1 aromatic carbocycles. The molecule has 2 fully saturated rings. The monoisotopic (exact) mass is 468 g/mol. The highest BCUT2D eigenvalue weighted by molar-refractivity contribution is 5.80. The fourth-order valence-corrected chi connectivity index (χ4v) is 5.29. The van der Waals surface area contributed by atoms with Crippen LogP contribution in [0.25, 0.3) is 0 Å². The largest absolute Gasteiger partial charge is 0.466 e. The van der Waals surface area contributed by atoms with Gasteiger partial charge in [-0.1, -0.05) is 12.1 Å². The number of hydrogen-bond acceptors (Lipinski definition) is 6. The van der Waals surface area contributed by atoms with E-state index in [1.54, 1.807) is 37.6 Å². The second-order valence-corrected chi connectivity index (χ2v) is 9.18. The van der Waals surface area contributed by atoms with Crippen molar-refractivity contribution in [3.63, 3.8) is 0 Å². The summed E-state index contributed by atoms with van der Waals surface area (Å²) in [5.41, 5.74) is 0.950. The van der Waals surface area contributed by atoms with E-state index in [-0.39, 0.29) is 41.9 Å². The zero-order valence-electron chi connectivity index (χ0n) is 19.7. The first kappa shape index (κ1) is 24.1. The molecule has 0 saturated carbocycles. The van der Waals surface area contributed by atoms with Crippen LogP contribution in [0.3, 0.4) is 0 Å². The van der Waals surface area contributed by atoms with Gasteiger partial charge < -0.3 is 14.5 Å². The number of likely N-dealkylation sites (tertiary alicyclic amines) is 1. The first-order valence-corrected chi connectivity index (χ1v) is 12.3. The van der Waals surface area contributed by atoms with E-state index in [0.29, 0.717) is 26.2 Å². The molecule has 2 aliphatic rings. The summed E-state index contributed by atoms with van der Waals surface area (Å²) in [5.74, 6) is 0.652. The predicted molar refractivity (Wildman–Crippen MR) is 127 cm³/mol. The molecule has 0 N–H and O–H groups in total. The molecule has 2 saturated heterocycles. The lowest BCUT2D eigenvalue weighted by atomic mass is 9.78. The number of halogens is 1. The predicted octanol–water partition coefficient (Wildman–Crippen LogP) is 3.81. The van der Waals surface area contributed by atoms with E-state index in [1.165, 1.54) is 12.1 Å². The standard InChI is InChI=1S/C26H33FN4O3/c1-2-34-25(32)16-23(19-5-7-22(27)8-6-19)20-9-14-30(15-10-20)26(33)21-4-3-13-31(18-21)24-17-28-11-12-29-24/h5-8,11-12,17,20-21,23H,2-4,9-10,13-16,18H2,1H3/t21-,23-/m1/s1. The van der Waals surface area contributed by atoms with Gasteiger partial charge in [-0.15, -0.1) is 0 Å². The highest BCUT2D eigenvalue weighted by atomic mass is 19.1. The maximum atomic E-state index is 13.5. The number of rotatable bonds is 7. The Morgan fingerprint density at radius 1 is 1.12 bits per heavy atom. The third kappa shape index (κ3) is 5.90. The lowest BCUT2D eigenvalue weighted by Gasteiger charge is -2.39. The Kier molecular flexibility index (Phi) is 8.08. The molecule has 2 atom stereocenters. The van der Waals surface area contributed by atoms with E-state index in [4.69, 9.17) is 4.74 Å². The summed E-state index contributed by atoms with van der Waals surface area (Å²) in [6.45, 7) is 5.04. The van der Waals surface area contributed by atoms with Crippen LogP contribution < -0.4 is 4.90 Å². The molecular weight excluding hydrogens is 435 g/mol. The third-order valence-electron chi connectivity index (χ3n) is 7.05. The first-order valence-electron chi connectivity index (χ1n) is 12.3. The Balaban J connectivity index is 1.37.